The molecule has 0 aliphatic heterocycles. The van der Waals surface area contributed by atoms with E-state index in [-0.39, 0.29) is 24.0 Å². The number of para-hydroxylation sites is 1. The number of ether oxygens (including phenoxy) is 1. The fourth-order valence-electron chi connectivity index (χ4n) is 1.68. The molecule has 21 heavy (non-hydrogen) atoms. The van der Waals surface area contributed by atoms with Crippen molar-refractivity contribution in [1.29, 1.82) is 0 Å². The van der Waals surface area contributed by atoms with Gasteiger partial charge in [-0.3, -0.25) is 4.99 Å². The van der Waals surface area contributed by atoms with Crippen LogP contribution in [0.5, 0.6) is 5.75 Å². The molecule has 0 saturated heterocycles. The number of nitrogens with zero attached hydrogens (tertiary/aromatic N) is 2. The van der Waals surface area contributed by atoms with E-state index in [1.807, 2.05) is 30.3 Å². The molecular formula is C15H27IN4O. The molecule has 0 radical (unpaired) electrons. The van der Waals surface area contributed by atoms with E-state index in [1.54, 1.807) is 7.05 Å². The lowest BCUT2D eigenvalue weighted by molar-refractivity contribution is 0.322. The highest BCUT2D eigenvalue weighted by atomic mass is 127. The summed E-state index contributed by atoms with van der Waals surface area (Å²) in [7, 11) is 5.93. The molecule has 1 rings (SSSR count). The Balaban J connectivity index is 0.00000400. The van der Waals surface area contributed by atoms with Crippen LogP contribution in [0.25, 0.3) is 0 Å². The highest BCUT2D eigenvalue weighted by molar-refractivity contribution is 14.0. The van der Waals surface area contributed by atoms with E-state index in [4.69, 9.17) is 4.74 Å². The van der Waals surface area contributed by atoms with Crippen LogP contribution in [0.15, 0.2) is 35.3 Å². The number of rotatable bonds is 8. The predicted octanol–water partition coefficient (Wildman–Crippen LogP) is 1.80. The minimum atomic E-state index is 0. The molecule has 0 aliphatic rings. The lowest BCUT2D eigenvalue weighted by atomic mass is 10.3. The molecule has 0 unspecified atom stereocenters. The molecule has 0 aromatic heterocycles. The van der Waals surface area contributed by atoms with Gasteiger partial charge in [0.2, 0.25) is 0 Å². The Morgan fingerprint density at radius 3 is 2.43 bits per heavy atom. The lowest BCUT2D eigenvalue weighted by Gasteiger charge is -2.13. The molecule has 0 fully saturated rings. The predicted molar refractivity (Wildman–Crippen MR) is 99.9 cm³/mol. The first kappa shape index (κ1) is 20.0. The van der Waals surface area contributed by atoms with Crippen LogP contribution in [0.3, 0.4) is 0 Å². The van der Waals surface area contributed by atoms with Crippen LogP contribution in [-0.2, 0) is 0 Å². The third kappa shape index (κ3) is 10.4. The van der Waals surface area contributed by atoms with Gasteiger partial charge < -0.3 is 20.3 Å². The van der Waals surface area contributed by atoms with Crippen molar-refractivity contribution in [2.45, 2.75) is 6.42 Å². The normalized spacial score (nSPS) is 11.0. The van der Waals surface area contributed by atoms with Crippen LogP contribution in [0.1, 0.15) is 6.42 Å². The second-order valence-corrected chi connectivity index (χ2v) is 4.74. The summed E-state index contributed by atoms with van der Waals surface area (Å²) in [6, 6.07) is 9.81. The number of hydrogen-bond donors (Lipinski definition) is 2. The Hall–Kier alpha value is -1.02. The molecule has 0 bridgehead atoms. The fourth-order valence-corrected chi connectivity index (χ4v) is 1.68. The van der Waals surface area contributed by atoms with Crippen LogP contribution >= 0.6 is 24.0 Å². The van der Waals surface area contributed by atoms with E-state index < -0.39 is 0 Å². The van der Waals surface area contributed by atoms with Gasteiger partial charge >= 0.3 is 0 Å². The maximum Gasteiger partial charge on any atom is 0.191 e. The van der Waals surface area contributed by atoms with E-state index in [9.17, 15) is 0 Å². The zero-order valence-corrected chi connectivity index (χ0v) is 15.5. The Morgan fingerprint density at radius 2 is 1.81 bits per heavy atom. The minimum absolute atomic E-state index is 0. The largest absolute Gasteiger partial charge is 0.492 e. The van der Waals surface area contributed by atoms with Gasteiger partial charge in [-0.25, -0.2) is 0 Å². The Labute approximate surface area is 145 Å². The van der Waals surface area contributed by atoms with E-state index in [1.165, 1.54) is 0 Å². The van der Waals surface area contributed by atoms with Gasteiger partial charge in [-0.05, 0) is 39.2 Å². The Morgan fingerprint density at radius 1 is 1.14 bits per heavy atom. The van der Waals surface area contributed by atoms with Crippen molar-refractivity contribution >= 4 is 29.9 Å². The molecule has 1 aromatic carbocycles. The van der Waals surface area contributed by atoms with Gasteiger partial charge in [0.25, 0.3) is 0 Å². The van der Waals surface area contributed by atoms with Crippen molar-refractivity contribution in [3.63, 3.8) is 0 Å². The van der Waals surface area contributed by atoms with Crippen molar-refractivity contribution in [2.75, 3.05) is 47.4 Å². The van der Waals surface area contributed by atoms with Crippen LogP contribution < -0.4 is 15.4 Å². The molecule has 0 amide bonds. The van der Waals surface area contributed by atoms with Gasteiger partial charge in [0, 0.05) is 13.6 Å². The summed E-state index contributed by atoms with van der Waals surface area (Å²) in [6.45, 7) is 3.32. The van der Waals surface area contributed by atoms with Gasteiger partial charge in [0.05, 0.1) is 6.54 Å². The number of benzene rings is 1. The van der Waals surface area contributed by atoms with Crippen molar-refractivity contribution in [1.82, 2.24) is 15.5 Å². The first-order chi connectivity index (χ1) is 9.72. The molecule has 0 spiro atoms. The maximum absolute atomic E-state index is 5.61. The number of aliphatic imine (C=N–C) groups is 1. The first-order valence-electron chi connectivity index (χ1n) is 6.99. The molecule has 2 N–H and O–H groups in total. The quantitative estimate of drug-likeness (QED) is 0.299. The van der Waals surface area contributed by atoms with E-state index in [0.29, 0.717) is 6.61 Å². The average molecular weight is 406 g/mol. The second kappa shape index (κ2) is 12.7. The summed E-state index contributed by atoms with van der Waals surface area (Å²) >= 11 is 0. The van der Waals surface area contributed by atoms with Crippen LogP contribution in [-0.4, -0.2) is 58.2 Å². The Kier molecular flexibility index (Phi) is 12.1. The first-order valence-corrected chi connectivity index (χ1v) is 6.99. The molecule has 6 heteroatoms. The zero-order valence-electron chi connectivity index (χ0n) is 13.1. The fraction of sp³-hybridized carbons (Fsp3) is 0.533. The summed E-state index contributed by atoms with van der Waals surface area (Å²) in [4.78, 5) is 6.35. The zero-order chi connectivity index (χ0) is 14.6. The van der Waals surface area contributed by atoms with Crippen molar-refractivity contribution in [3.05, 3.63) is 30.3 Å². The average Bonchev–Trinajstić information content (AvgIpc) is 2.46. The number of hydrogen-bond acceptors (Lipinski definition) is 3. The standard InChI is InChI=1S/C15H26N4O.HI/c1-16-15(17-10-7-12-19(2)3)18-11-13-20-14-8-5-4-6-9-14;/h4-6,8-9H,7,10-13H2,1-3H3,(H2,16,17,18);1H. The SMILES string of the molecule is CN=C(NCCCN(C)C)NCCOc1ccccc1.I. The molecule has 0 atom stereocenters. The van der Waals surface area contributed by atoms with Crippen LogP contribution in [0, 0.1) is 0 Å². The third-order valence-electron chi connectivity index (χ3n) is 2.70. The molecule has 5 nitrogen and oxygen atoms in total. The topological polar surface area (TPSA) is 48.9 Å². The lowest BCUT2D eigenvalue weighted by Crippen LogP contribution is -2.40. The summed E-state index contributed by atoms with van der Waals surface area (Å²) in [5.41, 5.74) is 0. The Bertz CT molecular complexity index is 385. The van der Waals surface area contributed by atoms with Crippen LogP contribution in [0.2, 0.25) is 0 Å². The number of guanidine groups is 1. The second-order valence-electron chi connectivity index (χ2n) is 4.74. The smallest absolute Gasteiger partial charge is 0.191 e. The summed E-state index contributed by atoms with van der Waals surface area (Å²) in [5.74, 6) is 1.71. The van der Waals surface area contributed by atoms with E-state index in [2.05, 4.69) is 34.6 Å². The van der Waals surface area contributed by atoms with E-state index >= 15 is 0 Å². The monoisotopic (exact) mass is 406 g/mol. The molecular weight excluding hydrogens is 379 g/mol. The van der Waals surface area contributed by atoms with Gasteiger partial charge in [0.1, 0.15) is 12.4 Å². The van der Waals surface area contributed by atoms with Gasteiger partial charge in [0.15, 0.2) is 5.96 Å². The van der Waals surface area contributed by atoms with Gasteiger partial charge in [-0.15, -0.1) is 24.0 Å². The van der Waals surface area contributed by atoms with Gasteiger partial charge in [-0.1, -0.05) is 18.2 Å². The molecule has 1 aromatic rings. The minimum Gasteiger partial charge on any atom is -0.492 e. The maximum atomic E-state index is 5.61. The van der Waals surface area contributed by atoms with Gasteiger partial charge in [-0.2, -0.15) is 0 Å². The van der Waals surface area contributed by atoms with Crippen molar-refractivity contribution < 1.29 is 4.74 Å². The number of nitrogens with one attached hydrogen (secondary N) is 2. The molecule has 120 valence electrons. The van der Waals surface area contributed by atoms with Crippen molar-refractivity contribution in [3.8, 4) is 5.75 Å². The highest BCUT2D eigenvalue weighted by Crippen LogP contribution is 2.07. The summed E-state index contributed by atoms with van der Waals surface area (Å²) in [6.07, 6.45) is 1.09. The van der Waals surface area contributed by atoms with Crippen molar-refractivity contribution in [2.24, 2.45) is 4.99 Å². The number of halogens is 1. The molecule has 0 saturated carbocycles. The summed E-state index contributed by atoms with van der Waals surface area (Å²) < 4.78 is 5.61. The molecule has 0 heterocycles. The molecule has 0 aliphatic carbocycles. The third-order valence-corrected chi connectivity index (χ3v) is 2.70. The highest BCUT2D eigenvalue weighted by Gasteiger charge is 1.97. The van der Waals surface area contributed by atoms with Crippen LogP contribution in [0.4, 0.5) is 0 Å². The summed E-state index contributed by atoms with van der Waals surface area (Å²) in [5, 5.41) is 6.51. The van der Waals surface area contributed by atoms with E-state index in [0.717, 1.165) is 37.8 Å².